The van der Waals surface area contributed by atoms with Gasteiger partial charge in [-0.3, -0.25) is 0 Å². The fraction of sp³-hybridized carbons (Fsp3) is 0.176. The van der Waals surface area contributed by atoms with E-state index in [4.69, 9.17) is 16.3 Å². The van der Waals surface area contributed by atoms with Crippen molar-refractivity contribution in [2.45, 2.75) is 13.8 Å². The van der Waals surface area contributed by atoms with Crippen molar-refractivity contribution < 1.29 is 14.6 Å². The van der Waals surface area contributed by atoms with Crippen molar-refractivity contribution >= 4 is 29.5 Å². The number of hydrazone groups is 1. The molecule has 2 aromatic rings. The zero-order chi connectivity index (χ0) is 17.5. The number of phenolic OH excluding ortho intramolecular Hbond substituents is 1. The molecule has 0 aliphatic carbocycles. The van der Waals surface area contributed by atoms with Crippen molar-refractivity contribution in [1.29, 1.82) is 0 Å². The molecule has 0 aromatic heterocycles. The normalized spacial score (nSPS) is 10.6. The molecule has 0 unspecified atom stereocenters. The lowest BCUT2D eigenvalue weighted by atomic mass is 10.2. The van der Waals surface area contributed by atoms with Crippen molar-refractivity contribution in [3.05, 3.63) is 52.5 Å². The Hall–Kier alpha value is -2.73. The number of nitrogens with zero attached hydrogens (tertiary/aromatic N) is 1. The standard InChI is InChI=1S/C17H18ClN3O3/c1-3-24-15-9-12(8-13(18)16(15)22)10-19-21-17(23)20-14-7-5-4-6-11(14)2/h4-10,22H,3H2,1-2H3,(H2,20,21,23). The lowest BCUT2D eigenvalue weighted by Gasteiger charge is -2.08. The van der Waals surface area contributed by atoms with Crippen LogP contribution in [0.1, 0.15) is 18.1 Å². The summed E-state index contributed by atoms with van der Waals surface area (Å²) >= 11 is 5.93. The molecule has 2 aromatic carbocycles. The van der Waals surface area contributed by atoms with Crippen molar-refractivity contribution in [1.82, 2.24) is 5.43 Å². The number of hydrogen-bond acceptors (Lipinski definition) is 4. The number of urea groups is 1. The molecule has 2 rings (SSSR count). The fourth-order valence-corrected chi connectivity index (χ4v) is 2.18. The van der Waals surface area contributed by atoms with Gasteiger partial charge in [-0.25, -0.2) is 10.2 Å². The number of aryl methyl sites for hydroxylation is 1. The molecule has 0 spiro atoms. The van der Waals surface area contributed by atoms with E-state index >= 15 is 0 Å². The second-order valence-corrected chi connectivity index (χ2v) is 5.33. The number of anilines is 1. The Kier molecular flexibility index (Phi) is 6.03. The first-order valence-corrected chi connectivity index (χ1v) is 7.70. The first-order valence-electron chi connectivity index (χ1n) is 7.32. The number of benzene rings is 2. The van der Waals surface area contributed by atoms with Crippen LogP contribution in [0.15, 0.2) is 41.5 Å². The van der Waals surface area contributed by atoms with Gasteiger partial charge in [-0.05, 0) is 43.2 Å². The van der Waals surface area contributed by atoms with Gasteiger partial charge >= 0.3 is 6.03 Å². The SMILES string of the molecule is CCOc1cc(C=NNC(=O)Nc2ccccc2C)cc(Cl)c1O. The Bertz CT molecular complexity index is 763. The molecule has 0 radical (unpaired) electrons. The third kappa shape index (κ3) is 4.63. The van der Waals surface area contributed by atoms with Crippen molar-refractivity contribution in [3.8, 4) is 11.5 Å². The second kappa shape index (κ2) is 8.21. The van der Waals surface area contributed by atoms with E-state index in [1.807, 2.05) is 25.1 Å². The number of carbonyl (C=O) groups is 1. The number of para-hydroxylation sites is 1. The van der Waals surface area contributed by atoms with E-state index in [1.54, 1.807) is 19.1 Å². The van der Waals surface area contributed by atoms with E-state index < -0.39 is 6.03 Å². The molecule has 2 amide bonds. The van der Waals surface area contributed by atoms with Gasteiger partial charge in [0.05, 0.1) is 17.8 Å². The Balaban J connectivity index is 2.01. The number of halogens is 1. The van der Waals surface area contributed by atoms with E-state index in [1.165, 1.54) is 12.3 Å². The van der Waals surface area contributed by atoms with Crippen molar-refractivity contribution in [2.24, 2.45) is 5.10 Å². The molecule has 3 N–H and O–H groups in total. The number of amides is 2. The summed E-state index contributed by atoms with van der Waals surface area (Å²) in [5.74, 6) is 0.136. The molecule has 0 aliphatic rings. The summed E-state index contributed by atoms with van der Waals surface area (Å²) in [4.78, 5) is 11.8. The van der Waals surface area contributed by atoms with Crippen LogP contribution in [0.3, 0.4) is 0 Å². The highest BCUT2D eigenvalue weighted by atomic mass is 35.5. The van der Waals surface area contributed by atoms with Crippen LogP contribution in [-0.4, -0.2) is 24.0 Å². The molecular formula is C17H18ClN3O3. The largest absolute Gasteiger partial charge is 0.503 e. The molecule has 126 valence electrons. The molecule has 7 heteroatoms. The van der Waals surface area contributed by atoms with Crippen LogP contribution in [0.25, 0.3) is 0 Å². The van der Waals surface area contributed by atoms with Crippen LogP contribution in [0.4, 0.5) is 10.5 Å². The third-order valence-electron chi connectivity index (χ3n) is 3.12. The van der Waals surface area contributed by atoms with Gasteiger partial charge in [0.15, 0.2) is 11.5 Å². The Morgan fingerprint density at radius 2 is 2.12 bits per heavy atom. The maximum Gasteiger partial charge on any atom is 0.339 e. The van der Waals surface area contributed by atoms with Gasteiger partial charge in [0.25, 0.3) is 0 Å². The number of nitrogens with one attached hydrogen (secondary N) is 2. The minimum absolute atomic E-state index is 0.124. The highest BCUT2D eigenvalue weighted by Gasteiger charge is 2.08. The number of hydrogen-bond donors (Lipinski definition) is 3. The first-order chi connectivity index (χ1) is 11.5. The van der Waals surface area contributed by atoms with Gasteiger partial charge < -0.3 is 15.2 Å². The average Bonchev–Trinajstić information content (AvgIpc) is 2.54. The van der Waals surface area contributed by atoms with Gasteiger partial charge in [0, 0.05) is 5.69 Å². The van der Waals surface area contributed by atoms with Gasteiger partial charge in [0.2, 0.25) is 0 Å². The second-order valence-electron chi connectivity index (χ2n) is 4.92. The summed E-state index contributed by atoms with van der Waals surface area (Å²) in [6, 6.07) is 10.1. The summed E-state index contributed by atoms with van der Waals surface area (Å²) in [6.45, 7) is 4.08. The maximum atomic E-state index is 11.8. The fourth-order valence-electron chi connectivity index (χ4n) is 1.96. The maximum absolute atomic E-state index is 11.8. The molecular weight excluding hydrogens is 330 g/mol. The quantitative estimate of drug-likeness (QED) is 0.566. The van der Waals surface area contributed by atoms with E-state index in [0.717, 1.165) is 5.56 Å². The minimum Gasteiger partial charge on any atom is -0.503 e. The summed E-state index contributed by atoms with van der Waals surface area (Å²) in [7, 11) is 0. The summed E-state index contributed by atoms with van der Waals surface area (Å²) < 4.78 is 5.28. The lowest BCUT2D eigenvalue weighted by molar-refractivity contribution is 0.252. The van der Waals surface area contributed by atoms with Gasteiger partial charge in [-0.2, -0.15) is 5.10 Å². The number of aromatic hydroxyl groups is 1. The predicted octanol–water partition coefficient (Wildman–Crippen LogP) is 3.91. The van der Waals surface area contributed by atoms with Gasteiger partial charge in [-0.1, -0.05) is 29.8 Å². The summed E-state index contributed by atoms with van der Waals surface area (Å²) in [6.07, 6.45) is 1.41. The Morgan fingerprint density at radius 1 is 1.38 bits per heavy atom. The van der Waals surface area contributed by atoms with E-state index in [9.17, 15) is 9.90 Å². The van der Waals surface area contributed by atoms with Crippen LogP contribution in [0.2, 0.25) is 5.02 Å². The van der Waals surface area contributed by atoms with Crippen LogP contribution < -0.4 is 15.5 Å². The molecule has 0 heterocycles. The first kappa shape index (κ1) is 17.6. The highest BCUT2D eigenvalue weighted by Crippen LogP contribution is 2.34. The highest BCUT2D eigenvalue weighted by molar-refractivity contribution is 6.32. The zero-order valence-corrected chi connectivity index (χ0v) is 14.1. The molecule has 0 aliphatic heterocycles. The monoisotopic (exact) mass is 347 g/mol. The number of phenols is 1. The Morgan fingerprint density at radius 3 is 2.83 bits per heavy atom. The Labute approximate surface area is 145 Å². The van der Waals surface area contributed by atoms with Gasteiger partial charge in [0.1, 0.15) is 0 Å². The topological polar surface area (TPSA) is 83.0 Å². The van der Waals surface area contributed by atoms with Crippen LogP contribution >= 0.6 is 11.6 Å². The molecule has 0 bridgehead atoms. The average molecular weight is 348 g/mol. The van der Waals surface area contributed by atoms with Crippen LogP contribution in [0.5, 0.6) is 11.5 Å². The number of ether oxygens (including phenoxy) is 1. The zero-order valence-electron chi connectivity index (χ0n) is 13.3. The summed E-state index contributed by atoms with van der Waals surface area (Å²) in [5.41, 5.74) is 4.60. The van der Waals surface area contributed by atoms with Crippen molar-refractivity contribution in [3.63, 3.8) is 0 Å². The van der Waals surface area contributed by atoms with Crippen LogP contribution in [0, 0.1) is 6.92 Å². The molecule has 24 heavy (non-hydrogen) atoms. The van der Waals surface area contributed by atoms with E-state index in [-0.39, 0.29) is 16.5 Å². The lowest BCUT2D eigenvalue weighted by Crippen LogP contribution is -2.24. The summed E-state index contributed by atoms with van der Waals surface area (Å²) in [5, 5.41) is 16.5. The molecule has 6 nitrogen and oxygen atoms in total. The minimum atomic E-state index is -0.463. The molecule has 0 atom stereocenters. The number of rotatable bonds is 5. The van der Waals surface area contributed by atoms with Crippen molar-refractivity contribution in [2.75, 3.05) is 11.9 Å². The smallest absolute Gasteiger partial charge is 0.339 e. The number of carbonyl (C=O) groups excluding carboxylic acids is 1. The van der Waals surface area contributed by atoms with E-state index in [2.05, 4.69) is 15.8 Å². The molecule has 0 saturated heterocycles. The van der Waals surface area contributed by atoms with Gasteiger partial charge in [-0.15, -0.1) is 0 Å². The van der Waals surface area contributed by atoms with E-state index in [0.29, 0.717) is 17.9 Å². The predicted molar refractivity (Wildman–Crippen MR) is 95.2 cm³/mol. The molecule has 0 saturated carbocycles. The van der Waals surface area contributed by atoms with Crippen LogP contribution in [-0.2, 0) is 0 Å². The molecule has 0 fully saturated rings. The third-order valence-corrected chi connectivity index (χ3v) is 3.41.